The summed E-state index contributed by atoms with van der Waals surface area (Å²) in [5, 5.41) is 2.93. The van der Waals surface area contributed by atoms with Gasteiger partial charge in [-0.3, -0.25) is 4.79 Å². The van der Waals surface area contributed by atoms with Crippen LogP contribution in [0.15, 0.2) is 30.3 Å². The molecule has 1 aromatic carbocycles. The standard InChI is InChI=1S/C16H22Cl2N2O/c1-15(12-16(15,17)18)14(21)19-9-6-10-20(2)11-13-7-4-3-5-8-13/h3-5,7-8H,6,9-12H2,1-2H3,(H,19,21). The third kappa shape index (κ3) is 4.12. The molecule has 0 spiro atoms. The Bertz CT molecular complexity index is 492. The predicted octanol–water partition coefficient (Wildman–Crippen LogP) is 3.21. The van der Waals surface area contributed by atoms with Crippen LogP contribution in [0.2, 0.25) is 0 Å². The van der Waals surface area contributed by atoms with Crippen LogP contribution in [0.1, 0.15) is 25.3 Å². The molecule has 1 saturated carbocycles. The van der Waals surface area contributed by atoms with Crippen LogP contribution in [0.3, 0.4) is 0 Å². The van der Waals surface area contributed by atoms with E-state index in [1.54, 1.807) is 0 Å². The quantitative estimate of drug-likeness (QED) is 0.615. The van der Waals surface area contributed by atoms with Gasteiger partial charge < -0.3 is 10.2 Å². The molecule has 1 N–H and O–H groups in total. The monoisotopic (exact) mass is 328 g/mol. The number of nitrogens with one attached hydrogen (secondary N) is 1. The van der Waals surface area contributed by atoms with Crippen LogP contribution in [0.5, 0.6) is 0 Å². The number of carbonyl (C=O) groups excluding carboxylic acids is 1. The second-order valence-electron chi connectivity index (χ2n) is 6.05. The molecule has 116 valence electrons. The normalized spacial score (nSPS) is 23.1. The minimum Gasteiger partial charge on any atom is -0.355 e. The van der Waals surface area contributed by atoms with E-state index in [0.29, 0.717) is 13.0 Å². The number of benzene rings is 1. The van der Waals surface area contributed by atoms with Gasteiger partial charge in [-0.05, 0) is 38.9 Å². The highest BCUT2D eigenvalue weighted by molar-refractivity contribution is 6.53. The molecule has 3 nitrogen and oxygen atoms in total. The molecule has 0 saturated heterocycles. The van der Waals surface area contributed by atoms with Crippen molar-refractivity contribution in [3.8, 4) is 0 Å². The Morgan fingerprint density at radius 2 is 1.95 bits per heavy atom. The average Bonchev–Trinajstić information content (AvgIpc) is 2.96. The van der Waals surface area contributed by atoms with Gasteiger partial charge in [-0.2, -0.15) is 0 Å². The summed E-state index contributed by atoms with van der Waals surface area (Å²) in [6.07, 6.45) is 1.44. The van der Waals surface area contributed by atoms with Gasteiger partial charge in [0.15, 0.2) is 0 Å². The van der Waals surface area contributed by atoms with Crippen LogP contribution < -0.4 is 5.32 Å². The van der Waals surface area contributed by atoms with Crippen molar-refractivity contribution in [1.29, 1.82) is 0 Å². The Morgan fingerprint density at radius 1 is 1.33 bits per heavy atom. The summed E-state index contributed by atoms with van der Waals surface area (Å²) in [4.78, 5) is 14.2. The molecule has 5 heteroatoms. The molecule has 0 aliphatic heterocycles. The first-order valence-corrected chi connectivity index (χ1v) is 7.99. The number of rotatable bonds is 7. The van der Waals surface area contributed by atoms with Crippen molar-refractivity contribution >= 4 is 29.1 Å². The second kappa shape index (κ2) is 6.55. The van der Waals surface area contributed by atoms with Crippen LogP contribution in [0.25, 0.3) is 0 Å². The zero-order valence-electron chi connectivity index (χ0n) is 12.5. The van der Waals surface area contributed by atoms with E-state index >= 15 is 0 Å². The molecule has 0 radical (unpaired) electrons. The number of amides is 1. The Hall–Kier alpha value is -0.770. The lowest BCUT2D eigenvalue weighted by molar-refractivity contribution is -0.125. The summed E-state index contributed by atoms with van der Waals surface area (Å²) in [5.41, 5.74) is 0.676. The van der Waals surface area contributed by atoms with Gasteiger partial charge in [-0.15, -0.1) is 23.2 Å². The first-order chi connectivity index (χ1) is 9.85. The smallest absolute Gasteiger partial charge is 0.229 e. The maximum absolute atomic E-state index is 12.0. The average molecular weight is 329 g/mol. The van der Waals surface area contributed by atoms with Crippen LogP contribution in [-0.4, -0.2) is 35.3 Å². The highest BCUT2D eigenvalue weighted by Gasteiger charge is 2.67. The lowest BCUT2D eigenvalue weighted by atomic mass is 10.1. The third-order valence-electron chi connectivity index (χ3n) is 4.06. The highest BCUT2D eigenvalue weighted by atomic mass is 35.5. The topological polar surface area (TPSA) is 32.3 Å². The van der Waals surface area contributed by atoms with Crippen LogP contribution in [0.4, 0.5) is 0 Å². The molecule has 1 aliphatic rings. The number of carbonyl (C=O) groups is 1. The van der Waals surface area contributed by atoms with E-state index in [2.05, 4.69) is 29.4 Å². The summed E-state index contributed by atoms with van der Waals surface area (Å²) in [7, 11) is 2.08. The molecule has 0 bridgehead atoms. The van der Waals surface area contributed by atoms with Crippen molar-refractivity contribution < 1.29 is 4.79 Å². The largest absolute Gasteiger partial charge is 0.355 e. The highest BCUT2D eigenvalue weighted by Crippen LogP contribution is 2.63. The fourth-order valence-corrected chi connectivity index (χ4v) is 3.07. The summed E-state index contributed by atoms with van der Waals surface area (Å²) in [6.45, 7) is 4.30. The SMILES string of the molecule is CN(CCCNC(=O)C1(C)CC1(Cl)Cl)Cc1ccccc1. The summed E-state index contributed by atoms with van der Waals surface area (Å²) in [5.74, 6) is -0.0433. The van der Waals surface area contributed by atoms with Crippen molar-refractivity contribution in [2.24, 2.45) is 5.41 Å². The minimum absolute atomic E-state index is 0.0433. The number of hydrogen-bond donors (Lipinski definition) is 1. The molecule has 1 amide bonds. The van der Waals surface area contributed by atoms with E-state index in [1.165, 1.54) is 5.56 Å². The van der Waals surface area contributed by atoms with Crippen LogP contribution >= 0.6 is 23.2 Å². The third-order valence-corrected chi connectivity index (χ3v) is 5.16. The summed E-state index contributed by atoms with van der Waals surface area (Å²) in [6, 6.07) is 10.3. The maximum atomic E-state index is 12.0. The summed E-state index contributed by atoms with van der Waals surface area (Å²) < 4.78 is -0.888. The Kier molecular flexibility index (Phi) is 5.18. The van der Waals surface area contributed by atoms with Gasteiger partial charge in [-0.1, -0.05) is 30.3 Å². The molecule has 1 atom stereocenters. The van der Waals surface area contributed by atoms with E-state index in [0.717, 1.165) is 19.5 Å². The van der Waals surface area contributed by atoms with Crippen molar-refractivity contribution in [2.45, 2.75) is 30.6 Å². The first kappa shape index (κ1) is 16.6. The minimum atomic E-state index is -0.888. The van der Waals surface area contributed by atoms with Gasteiger partial charge in [0, 0.05) is 13.1 Å². The van der Waals surface area contributed by atoms with E-state index in [4.69, 9.17) is 23.2 Å². The van der Waals surface area contributed by atoms with Gasteiger partial charge in [0.25, 0.3) is 0 Å². The second-order valence-corrected chi connectivity index (χ2v) is 7.53. The Morgan fingerprint density at radius 3 is 2.52 bits per heavy atom. The van der Waals surface area contributed by atoms with Crippen molar-refractivity contribution in [1.82, 2.24) is 10.2 Å². The fourth-order valence-electron chi connectivity index (χ4n) is 2.37. The molecule has 1 fully saturated rings. The molecule has 1 unspecified atom stereocenters. The Balaban J connectivity index is 1.63. The molecule has 0 aromatic heterocycles. The number of halogens is 2. The van der Waals surface area contributed by atoms with Crippen LogP contribution in [-0.2, 0) is 11.3 Å². The molecule has 1 aliphatic carbocycles. The van der Waals surface area contributed by atoms with E-state index in [1.807, 2.05) is 25.1 Å². The van der Waals surface area contributed by atoms with E-state index < -0.39 is 9.75 Å². The van der Waals surface area contributed by atoms with Gasteiger partial charge in [0.2, 0.25) is 5.91 Å². The van der Waals surface area contributed by atoms with E-state index in [-0.39, 0.29) is 5.91 Å². The van der Waals surface area contributed by atoms with Gasteiger partial charge >= 0.3 is 0 Å². The Labute approximate surface area is 136 Å². The molecule has 1 aromatic rings. The van der Waals surface area contributed by atoms with Crippen molar-refractivity contribution in [3.63, 3.8) is 0 Å². The number of nitrogens with zero attached hydrogens (tertiary/aromatic N) is 1. The molecule has 2 rings (SSSR count). The zero-order chi connectivity index (χ0) is 15.5. The maximum Gasteiger partial charge on any atom is 0.229 e. The lowest BCUT2D eigenvalue weighted by Gasteiger charge is -2.17. The predicted molar refractivity (Wildman–Crippen MR) is 87.6 cm³/mol. The lowest BCUT2D eigenvalue weighted by Crippen LogP contribution is -2.35. The van der Waals surface area contributed by atoms with E-state index in [9.17, 15) is 4.79 Å². The van der Waals surface area contributed by atoms with Gasteiger partial charge in [0.05, 0.1) is 5.41 Å². The number of hydrogen-bond acceptors (Lipinski definition) is 2. The van der Waals surface area contributed by atoms with Crippen molar-refractivity contribution in [3.05, 3.63) is 35.9 Å². The molecule has 0 heterocycles. The number of alkyl halides is 2. The van der Waals surface area contributed by atoms with Crippen LogP contribution in [0, 0.1) is 5.41 Å². The molecule has 21 heavy (non-hydrogen) atoms. The van der Waals surface area contributed by atoms with Gasteiger partial charge in [-0.25, -0.2) is 0 Å². The summed E-state index contributed by atoms with van der Waals surface area (Å²) >= 11 is 12.0. The van der Waals surface area contributed by atoms with Crippen molar-refractivity contribution in [2.75, 3.05) is 20.1 Å². The molecular formula is C16H22Cl2N2O. The fraction of sp³-hybridized carbons (Fsp3) is 0.562. The molecular weight excluding hydrogens is 307 g/mol. The first-order valence-electron chi connectivity index (χ1n) is 7.24. The van der Waals surface area contributed by atoms with Gasteiger partial charge in [0.1, 0.15) is 4.33 Å². The zero-order valence-corrected chi connectivity index (χ0v) is 14.0.